The molecule has 1 fully saturated rings. The number of nitrogens with two attached hydrogens (primary N) is 1. The maximum absolute atomic E-state index is 5.78. The Kier molecular flexibility index (Phi) is 4.16. The zero-order chi connectivity index (χ0) is 11.5. The highest BCUT2D eigenvalue weighted by Crippen LogP contribution is 2.24. The van der Waals surface area contributed by atoms with Crippen LogP contribution in [0.2, 0.25) is 0 Å². The van der Waals surface area contributed by atoms with E-state index in [9.17, 15) is 0 Å². The van der Waals surface area contributed by atoms with Crippen molar-refractivity contribution in [3.8, 4) is 0 Å². The molecule has 0 saturated carbocycles. The molecule has 4 heteroatoms. The smallest absolute Gasteiger partial charge is 0.0458 e. The fraction of sp³-hybridized carbons (Fsp3) is 0.500. The van der Waals surface area contributed by atoms with E-state index in [0.29, 0.717) is 0 Å². The molecule has 0 bridgehead atoms. The van der Waals surface area contributed by atoms with Crippen molar-refractivity contribution < 1.29 is 0 Å². The quantitative estimate of drug-likeness (QED) is 0.870. The van der Waals surface area contributed by atoms with Crippen LogP contribution < -0.4 is 5.73 Å². The van der Waals surface area contributed by atoms with Crippen LogP contribution in [-0.2, 0) is 6.54 Å². The van der Waals surface area contributed by atoms with Crippen LogP contribution in [0.3, 0.4) is 0 Å². The molecular formula is C12H17BrN2S. The van der Waals surface area contributed by atoms with Gasteiger partial charge in [-0.05, 0) is 52.8 Å². The van der Waals surface area contributed by atoms with Crippen molar-refractivity contribution in [3.63, 3.8) is 0 Å². The normalized spacial score (nSPS) is 20.6. The lowest BCUT2D eigenvalue weighted by molar-refractivity contribution is 0.254. The summed E-state index contributed by atoms with van der Waals surface area (Å²) < 4.78 is 0.999. The van der Waals surface area contributed by atoms with Gasteiger partial charge in [-0.2, -0.15) is 11.8 Å². The lowest BCUT2D eigenvalue weighted by Crippen LogP contribution is -2.30. The van der Waals surface area contributed by atoms with Crippen molar-refractivity contribution in [2.45, 2.75) is 19.0 Å². The van der Waals surface area contributed by atoms with Crippen LogP contribution in [0.1, 0.15) is 12.0 Å². The molecule has 2 nitrogen and oxygen atoms in total. The van der Waals surface area contributed by atoms with Crippen molar-refractivity contribution in [2.75, 3.05) is 24.3 Å². The average Bonchev–Trinajstić information content (AvgIpc) is 2.77. The molecule has 1 aliphatic heterocycles. The van der Waals surface area contributed by atoms with Crippen LogP contribution >= 0.6 is 27.7 Å². The Morgan fingerprint density at radius 2 is 2.38 bits per heavy atom. The molecule has 0 radical (unpaired) electrons. The topological polar surface area (TPSA) is 29.3 Å². The van der Waals surface area contributed by atoms with E-state index in [-0.39, 0.29) is 0 Å². The van der Waals surface area contributed by atoms with E-state index in [4.69, 9.17) is 5.73 Å². The zero-order valence-electron chi connectivity index (χ0n) is 9.45. The Balaban J connectivity index is 1.99. The molecule has 0 amide bonds. The molecule has 1 aromatic rings. The van der Waals surface area contributed by atoms with Crippen molar-refractivity contribution >= 4 is 33.4 Å². The summed E-state index contributed by atoms with van der Waals surface area (Å²) in [4.78, 5) is 2.44. The molecule has 1 atom stereocenters. The molecule has 1 unspecified atom stereocenters. The molecule has 1 heterocycles. The highest BCUT2D eigenvalue weighted by atomic mass is 79.9. The van der Waals surface area contributed by atoms with Gasteiger partial charge in [-0.25, -0.2) is 0 Å². The van der Waals surface area contributed by atoms with Crippen LogP contribution in [-0.4, -0.2) is 29.5 Å². The third kappa shape index (κ3) is 2.93. The minimum Gasteiger partial charge on any atom is -0.398 e. The SMILES string of the molecule is CN(Cc1ccc(N)c(Br)c1)C1CCSC1. The molecule has 0 aromatic heterocycles. The number of benzene rings is 1. The summed E-state index contributed by atoms with van der Waals surface area (Å²) in [5.74, 6) is 2.58. The summed E-state index contributed by atoms with van der Waals surface area (Å²) >= 11 is 5.53. The third-order valence-corrected chi connectivity index (χ3v) is 4.86. The maximum Gasteiger partial charge on any atom is 0.0458 e. The highest BCUT2D eigenvalue weighted by molar-refractivity contribution is 9.10. The van der Waals surface area contributed by atoms with E-state index >= 15 is 0 Å². The van der Waals surface area contributed by atoms with Crippen LogP contribution in [0.4, 0.5) is 5.69 Å². The van der Waals surface area contributed by atoms with E-state index in [0.717, 1.165) is 22.7 Å². The molecule has 1 aliphatic rings. The Labute approximate surface area is 110 Å². The van der Waals surface area contributed by atoms with E-state index in [2.05, 4.69) is 51.8 Å². The van der Waals surface area contributed by atoms with Gasteiger partial charge in [-0.15, -0.1) is 0 Å². The number of hydrogen-bond acceptors (Lipinski definition) is 3. The summed E-state index contributed by atoms with van der Waals surface area (Å²) in [5.41, 5.74) is 7.91. The van der Waals surface area contributed by atoms with Crippen LogP contribution in [0.25, 0.3) is 0 Å². The zero-order valence-corrected chi connectivity index (χ0v) is 11.9. The van der Waals surface area contributed by atoms with Gasteiger partial charge in [0.1, 0.15) is 0 Å². The van der Waals surface area contributed by atoms with Crippen molar-refractivity contribution in [1.29, 1.82) is 0 Å². The fourth-order valence-electron chi connectivity index (χ4n) is 1.96. The average molecular weight is 301 g/mol. The van der Waals surface area contributed by atoms with Crippen molar-refractivity contribution in [3.05, 3.63) is 28.2 Å². The van der Waals surface area contributed by atoms with Gasteiger partial charge >= 0.3 is 0 Å². The molecule has 1 saturated heterocycles. The van der Waals surface area contributed by atoms with E-state index in [1.165, 1.54) is 23.5 Å². The number of halogens is 1. The number of rotatable bonds is 3. The lowest BCUT2D eigenvalue weighted by Gasteiger charge is -2.23. The second-order valence-electron chi connectivity index (χ2n) is 4.29. The summed E-state index contributed by atoms with van der Waals surface area (Å²) in [6.07, 6.45) is 1.32. The number of thioether (sulfide) groups is 1. The molecule has 88 valence electrons. The minimum absolute atomic E-state index is 0.737. The first-order chi connectivity index (χ1) is 7.66. The first-order valence-electron chi connectivity index (χ1n) is 5.48. The predicted octanol–water partition coefficient (Wildman–Crippen LogP) is 2.97. The summed E-state index contributed by atoms with van der Waals surface area (Å²) in [5, 5.41) is 0. The standard InChI is InChI=1S/C12H17BrN2S/c1-15(10-4-5-16-8-10)7-9-2-3-12(14)11(13)6-9/h2-3,6,10H,4-5,7-8,14H2,1H3. The van der Waals surface area contributed by atoms with Gasteiger partial charge in [0.25, 0.3) is 0 Å². The summed E-state index contributed by atoms with van der Waals surface area (Å²) in [6.45, 7) is 1.00. The molecule has 2 rings (SSSR count). The third-order valence-electron chi connectivity index (χ3n) is 3.03. The van der Waals surface area contributed by atoms with Gasteiger partial charge in [-0.3, -0.25) is 4.90 Å². The fourth-order valence-corrected chi connectivity index (χ4v) is 3.68. The molecule has 2 N–H and O–H groups in total. The minimum atomic E-state index is 0.737. The van der Waals surface area contributed by atoms with E-state index in [1.807, 2.05) is 6.07 Å². The van der Waals surface area contributed by atoms with Gasteiger partial charge in [0.05, 0.1) is 0 Å². The number of nitrogen functional groups attached to an aromatic ring is 1. The molecule has 0 aliphatic carbocycles. The Morgan fingerprint density at radius 1 is 1.56 bits per heavy atom. The number of nitrogens with zero attached hydrogens (tertiary/aromatic N) is 1. The second kappa shape index (κ2) is 5.43. The van der Waals surface area contributed by atoms with Crippen LogP contribution in [0, 0.1) is 0 Å². The number of hydrogen-bond donors (Lipinski definition) is 1. The van der Waals surface area contributed by atoms with Crippen molar-refractivity contribution in [1.82, 2.24) is 4.90 Å². The highest BCUT2D eigenvalue weighted by Gasteiger charge is 2.19. The van der Waals surface area contributed by atoms with E-state index < -0.39 is 0 Å². The van der Waals surface area contributed by atoms with Crippen LogP contribution in [0.5, 0.6) is 0 Å². The summed E-state index contributed by atoms with van der Waals surface area (Å²) in [6, 6.07) is 6.94. The predicted molar refractivity (Wildman–Crippen MR) is 75.8 cm³/mol. The van der Waals surface area contributed by atoms with Gasteiger partial charge in [0.15, 0.2) is 0 Å². The molecule has 0 spiro atoms. The van der Waals surface area contributed by atoms with Crippen LogP contribution in [0.15, 0.2) is 22.7 Å². The number of anilines is 1. The monoisotopic (exact) mass is 300 g/mol. The largest absolute Gasteiger partial charge is 0.398 e. The van der Waals surface area contributed by atoms with E-state index in [1.54, 1.807) is 0 Å². The maximum atomic E-state index is 5.78. The van der Waals surface area contributed by atoms with Gasteiger partial charge in [0.2, 0.25) is 0 Å². The Morgan fingerprint density at radius 3 is 3.00 bits per heavy atom. The second-order valence-corrected chi connectivity index (χ2v) is 6.29. The first-order valence-corrected chi connectivity index (χ1v) is 7.43. The van der Waals surface area contributed by atoms with Gasteiger partial charge in [0, 0.05) is 28.5 Å². The van der Waals surface area contributed by atoms with Gasteiger partial charge < -0.3 is 5.73 Å². The Hall–Kier alpha value is -0.190. The molecule has 1 aromatic carbocycles. The van der Waals surface area contributed by atoms with Crippen molar-refractivity contribution in [2.24, 2.45) is 0 Å². The lowest BCUT2D eigenvalue weighted by atomic mass is 10.1. The molecule has 16 heavy (non-hydrogen) atoms. The van der Waals surface area contributed by atoms with Gasteiger partial charge in [-0.1, -0.05) is 6.07 Å². The molecular weight excluding hydrogens is 284 g/mol. The first kappa shape index (κ1) is 12.3. The Bertz CT molecular complexity index is 364. The summed E-state index contributed by atoms with van der Waals surface area (Å²) in [7, 11) is 2.21.